The number of benzene rings is 1. The van der Waals surface area contributed by atoms with E-state index in [9.17, 15) is 9.18 Å². The van der Waals surface area contributed by atoms with E-state index in [4.69, 9.17) is 10.5 Å². The fourth-order valence-corrected chi connectivity index (χ4v) is 2.08. The third kappa shape index (κ3) is 2.65. The molecule has 0 aliphatic rings. The number of nitrogens with zero attached hydrogens (tertiary/aromatic N) is 1. The highest BCUT2D eigenvalue weighted by molar-refractivity contribution is 7.13. The van der Waals surface area contributed by atoms with Gasteiger partial charge in [-0.15, -0.1) is 11.3 Å². The number of rotatable bonds is 4. The minimum atomic E-state index is -0.595. The van der Waals surface area contributed by atoms with E-state index in [1.807, 2.05) is 0 Å². The number of anilines is 1. The van der Waals surface area contributed by atoms with Crippen LogP contribution in [0, 0.1) is 5.82 Å². The minimum absolute atomic E-state index is 0.0300. The summed E-state index contributed by atoms with van der Waals surface area (Å²) in [6.07, 6.45) is 0.0386. The molecule has 18 heavy (non-hydrogen) atoms. The standard InChI is InChI=1S/C12H11FN2O2S/c1-17-8-2-3-9(10(13)5-8)11(16)4-7-6-18-12(14)15-7/h2-3,5-6H,4H2,1H3,(H2,14,15). The number of nitrogens with two attached hydrogens (primary N) is 1. The van der Waals surface area contributed by atoms with E-state index < -0.39 is 5.82 Å². The summed E-state index contributed by atoms with van der Waals surface area (Å²) in [6.45, 7) is 0. The molecule has 4 nitrogen and oxygen atoms in total. The van der Waals surface area contributed by atoms with E-state index in [2.05, 4.69) is 4.98 Å². The molecule has 6 heteroatoms. The lowest BCUT2D eigenvalue weighted by atomic mass is 10.1. The number of carbonyl (C=O) groups is 1. The van der Waals surface area contributed by atoms with E-state index in [0.29, 0.717) is 16.6 Å². The Bertz CT molecular complexity index is 583. The molecular formula is C12H11FN2O2S. The van der Waals surface area contributed by atoms with Crippen molar-refractivity contribution in [1.29, 1.82) is 0 Å². The van der Waals surface area contributed by atoms with Gasteiger partial charge in [-0.05, 0) is 12.1 Å². The van der Waals surface area contributed by atoms with Crippen LogP contribution in [0.4, 0.5) is 9.52 Å². The summed E-state index contributed by atoms with van der Waals surface area (Å²) in [6, 6.07) is 4.14. The molecule has 0 spiro atoms. The molecule has 0 aliphatic carbocycles. The predicted molar refractivity (Wildman–Crippen MR) is 67.5 cm³/mol. The second kappa shape index (κ2) is 5.14. The van der Waals surface area contributed by atoms with Gasteiger partial charge in [0, 0.05) is 11.4 Å². The third-order valence-corrected chi connectivity index (χ3v) is 3.11. The van der Waals surface area contributed by atoms with Gasteiger partial charge in [0.1, 0.15) is 11.6 Å². The molecule has 1 heterocycles. The molecule has 2 rings (SSSR count). The van der Waals surface area contributed by atoms with Crippen molar-refractivity contribution in [3.05, 3.63) is 40.7 Å². The fourth-order valence-electron chi connectivity index (χ4n) is 1.51. The van der Waals surface area contributed by atoms with Crippen molar-refractivity contribution in [2.45, 2.75) is 6.42 Å². The van der Waals surface area contributed by atoms with Gasteiger partial charge in [-0.3, -0.25) is 4.79 Å². The van der Waals surface area contributed by atoms with Crippen molar-refractivity contribution < 1.29 is 13.9 Å². The summed E-state index contributed by atoms with van der Waals surface area (Å²) < 4.78 is 18.5. The molecule has 0 radical (unpaired) electrons. The third-order valence-electron chi connectivity index (χ3n) is 2.39. The van der Waals surface area contributed by atoms with Crippen LogP contribution in [-0.4, -0.2) is 17.9 Å². The summed E-state index contributed by atoms with van der Waals surface area (Å²) in [4.78, 5) is 15.9. The van der Waals surface area contributed by atoms with Crippen molar-refractivity contribution in [3.8, 4) is 5.75 Å². The first kappa shape index (κ1) is 12.5. The number of aromatic nitrogens is 1. The summed E-state index contributed by atoms with van der Waals surface area (Å²) in [5.74, 6) is -0.551. The summed E-state index contributed by atoms with van der Waals surface area (Å²) >= 11 is 1.25. The molecule has 1 aromatic carbocycles. The smallest absolute Gasteiger partial charge is 0.180 e. The summed E-state index contributed by atoms with van der Waals surface area (Å²) in [5, 5.41) is 2.09. The molecular weight excluding hydrogens is 255 g/mol. The topological polar surface area (TPSA) is 65.2 Å². The van der Waals surface area contributed by atoms with E-state index in [1.54, 1.807) is 11.4 Å². The number of thiazole rings is 1. The van der Waals surface area contributed by atoms with Crippen LogP contribution in [0.1, 0.15) is 16.1 Å². The van der Waals surface area contributed by atoms with Gasteiger partial charge in [0.2, 0.25) is 0 Å². The van der Waals surface area contributed by atoms with Crippen LogP contribution in [0.3, 0.4) is 0 Å². The Balaban J connectivity index is 2.18. The van der Waals surface area contributed by atoms with Crippen LogP contribution in [-0.2, 0) is 6.42 Å². The zero-order chi connectivity index (χ0) is 13.1. The van der Waals surface area contributed by atoms with Gasteiger partial charge >= 0.3 is 0 Å². The molecule has 0 aliphatic heterocycles. The molecule has 0 atom stereocenters. The van der Waals surface area contributed by atoms with Gasteiger partial charge in [-0.2, -0.15) is 0 Å². The highest BCUT2D eigenvalue weighted by Crippen LogP contribution is 2.19. The molecule has 2 N–H and O–H groups in total. The van der Waals surface area contributed by atoms with Crippen molar-refractivity contribution in [1.82, 2.24) is 4.98 Å². The molecule has 0 bridgehead atoms. The number of nitrogen functional groups attached to an aromatic ring is 1. The van der Waals surface area contributed by atoms with Gasteiger partial charge in [0.25, 0.3) is 0 Å². The van der Waals surface area contributed by atoms with Crippen molar-refractivity contribution >= 4 is 22.3 Å². The second-order valence-corrected chi connectivity index (χ2v) is 4.51. The fraction of sp³-hybridized carbons (Fsp3) is 0.167. The first-order chi connectivity index (χ1) is 8.60. The summed E-state index contributed by atoms with van der Waals surface area (Å²) in [5.41, 5.74) is 6.05. The Kier molecular flexibility index (Phi) is 3.57. The van der Waals surface area contributed by atoms with Gasteiger partial charge in [-0.25, -0.2) is 9.37 Å². The van der Waals surface area contributed by atoms with Crippen molar-refractivity contribution in [2.75, 3.05) is 12.8 Å². The molecule has 0 amide bonds. The molecule has 0 saturated carbocycles. The Hall–Kier alpha value is -1.95. The van der Waals surface area contributed by atoms with Crippen LogP contribution < -0.4 is 10.5 Å². The molecule has 0 saturated heterocycles. The number of halogens is 1. The lowest BCUT2D eigenvalue weighted by Crippen LogP contribution is -2.06. The lowest BCUT2D eigenvalue weighted by Gasteiger charge is -2.04. The zero-order valence-electron chi connectivity index (χ0n) is 9.64. The number of Topliss-reactive ketones (excluding diaryl/α,β-unsaturated/α-hetero) is 1. The van der Waals surface area contributed by atoms with Crippen LogP contribution in [0.25, 0.3) is 0 Å². The molecule has 0 unspecified atom stereocenters. The number of methoxy groups -OCH3 is 1. The predicted octanol–water partition coefficient (Wildman–Crippen LogP) is 2.30. The minimum Gasteiger partial charge on any atom is -0.497 e. The highest BCUT2D eigenvalue weighted by atomic mass is 32.1. The van der Waals surface area contributed by atoms with Crippen LogP contribution in [0.2, 0.25) is 0 Å². The first-order valence-corrected chi connectivity index (χ1v) is 6.04. The molecule has 2 aromatic rings. The lowest BCUT2D eigenvalue weighted by molar-refractivity contribution is 0.0988. The number of ether oxygens (including phenoxy) is 1. The van der Waals surface area contributed by atoms with E-state index in [-0.39, 0.29) is 17.8 Å². The van der Waals surface area contributed by atoms with Gasteiger partial charge in [0.15, 0.2) is 10.9 Å². The first-order valence-electron chi connectivity index (χ1n) is 5.17. The quantitative estimate of drug-likeness (QED) is 0.862. The monoisotopic (exact) mass is 266 g/mol. The van der Waals surface area contributed by atoms with Crippen LogP contribution in [0.15, 0.2) is 23.6 Å². The average molecular weight is 266 g/mol. The number of hydrogen-bond acceptors (Lipinski definition) is 5. The molecule has 0 fully saturated rings. The zero-order valence-corrected chi connectivity index (χ0v) is 10.5. The normalized spacial score (nSPS) is 10.3. The Morgan fingerprint density at radius 3 is 2.89 bits per heavy atom. The summed E-state index contributed by atoms with van der Waals surface area (Å²) in [7, 11) is 1.44. The molecule has 1 aromatic heterocycles. The van der Waals surface area contributed by atoms with E-state index >= 15 is 0 Å². The number of ketones is 1. The number of hydrogen-bond donors (Lipinski definition) is 1. The van der Waals surface area contributed by atoms with Crippen LogP contribution in [0.5, 0.6) is 5.75 Å². The van der Waals surface area contributed by atoms with Gasteiger partial charge in [-0.1, -0.05) is 0 Å². The van der Waals surface area contributed by atoms with Gasteiger partial charge in [0.05, 0.1) is 24.8 Å². The maximum atomic E-state index is 13.7. The van der Waals surface area contributed by atoms with Gasteiger partial charge < -0.3 is 10.5 Å². The SMILES string of the molecule is COc1ccc(C(=O)Cc2csc(N)n2)c(F)c1. The van der Waals surface area contributed by atoms with E-state index in [1.165, 1.54) is 30.6 Å². The van der Waals surface area contributed by atoms with Crippen molar-refractivity contribution in [2.24, 2.45) is 0 Å². The van der Waals surface area contributed by atoms with Crippen molar-refractivity contribution in [3.63, 3.8) is 0 Å². The van der Waals surface area contributed by atoms with Crippen LogP contribution >= 0.6 is 11.3 Å². The Morgan fingerprint density at radius 1 is 1.56 bits per heavy atom. The highest BCUT2D eigenvalue weighted by Gasteiger charge is 2.14. The Morgan fingerprint density at radius 2 is 2.33 bits per heavy atom. The second-order valence-electron chi connectivity index (χ2n) is 3.62. The molecule has 94 valence electrons. The average Bonchev–Trinajstić information content (AvgIpc) is 2.74. The largest absolute Gasteiger partial charge is 0.497 e. The number of carbonyl (C=O) groups excluding carboxylic acids is 1. The Labute approximate surface area is 107 Å². The maximum absolute atomic E-state index is 13.7. The maximum Gasteiger partial charge on any atom is 0.180 e. The van der Waals surface area contributed by atoms with E-state index in [0.717, 1.165) is 0 Å².